The Hall–Kier alpha value is -1.19. The number of nitrogens with one attached hydrogen (secondary N) is 1. The average Bonchev–Trinajstić information content (AvgIpc) is 2.94. The maximum absolute atomic E-state index is 4.79. The molecule has 0 spiro atoms. The van der Waals surface area contributed by atoms with Crippen LogP contribution in [0.1, 0.15) is 39.0 Å². The van der Waals surface area contributed by atoms with Crippen LogP contribution >= 0.6 is 11.3 Å². The van der Waals surface area contributed by atoms with Crippen molar-refractivity contribution < 1.29 is 0 Å². The monoisotopic (exact) mass is 258 g/mol. The highest BCUT2D eigenvalue weighted by atomic mass is 32.1. The lowest BCUT2D eigenvalue weighted by Crippen LogP contribution is -2.04. The lowest BCUT2D eigenvalue weighted by molar-refractivity contribution is 0.776. The van der Waals surface area contributed by atoms with Crippen molar-refractivity contribution in [1.82, 2.24) is 10.3 Å². The molecule has 0 aliphatic heterocycles. The van der Waals surface area contributed by atoms with Crippen LogP contribution in [-0.4, -0.2) is 12.0 Å². The first-order valence-electron chi connectivity index (χ1n) is 6.48. The molecule has 1 N–H and O–H groups in total. The maximum atomic E-state index is 4.79. The van der Waals surface area contributed by atoms with Gasteiger partial charge in [-0.2, -0.15) is 0 Å². The number of benzene rings is 1. The van der Waals surface area contributed by atoms with Gasteiger partial charge in [-0.1, -0.05) is 24.3 Å². The second-order valence-corrected chi connectivity index (χ2v) is 6.00. The van der Waals surface area contributed by atoms with E-state index in [1.54, 1.807) is 0 Å². The van der Waals surface area contributed by atoms with E-state index in [0.717, 1.165) is 6.54 Å². The SMILES string of the molecule is CNCc1sc(C2CCc3ccccc32)nc1C. The molecular weight excluding hydrogens is 240 g/mol. The topological polar surface area (TPSA) is 24.9 Å². The van der Waals surface area contributed by atoms with Crippen molar-refractivity contribution in [1.29, 1.82) is 0 Å². The normalized spacial score (nSPS) is 18.0. The first-order chi connectivity index (χ1) is 8.79. The molecule has 0 saturated heterocycles. The van der Waals surface area contributed by atoms with Crippen LogP contribution in [0.15, 0.2) is 24.3 Å². The van der Waals surface area contributed by atoms with Crippen molar-refractivity contribution in [3.8, 4) is 0 Å². The molecule has 1 aromatic carbocycles. The second kappa shape index (κ2) is 4.82. The summed E-state index contributed by atoms with van der Waals surface area (Å²) in [6, 6.07) is 8.80. The Morgan fingerprint density at radius 2 is 2.22 bits per heavy atom. The molecule has 1 aliphatic rings. The van der Waals surface area contributed by atoms with Gasteiger partial charge in [-0.15, -0.1) is 11.3 Å². The molecule has 1 atom stereocenters. The van der Waals surface area contributed by atoms with Gasteiger partial charge in [-0.3, -0.25) is 0 Å². The Morgan fingerprint density at radius 1 is 1.39 bits per heavy atom. The van der Waals surface area contributed by atoms with Gasteiger partial charge in [0.2, 0.25) is 0 Å². The van der Waals surface area contributed by atoms with Gasteiger partial charge in [-0.05, 0) is 37.9 Å². The molecule has 18 heavy (non-hydrogen) atoms. The number of rotatable bonds is 3. The van der Waals surface area contributed by atoms with Crippen LogP contribution in [0.25, 0.3) is 0 Å². The highest BCUT2D eigenvalue weighted by Gasteiger charge is 2.26. The Kier molecular flexibility index (Phi) is 3.18. The van der Waals surface area contributed by atoms with Crippen molar-refractivity contribution in [2.75, 3.05) is 7.05 Å². The third kappa shape index (κ3) is 1.98. The van der Waals surface area contributed by atoms with Crippen LogP contribution in [0, 0.1) is 6.92 Å². The van der Waals surface area contributed by atoms with Gasteiger partial charge < -0.3 is 5.32 Å². The lowest BCUT2D eigenvalue weighted by Gasteiger charge is -2.07. The van der Waals surface area contributed by atoms with E-state index in [9.17, 15) is 0 Å². The van der Waals surface area contributed by atoms with Gasteiger partial charge in [0.25, 0.3) is 0 Å². The summed E-state index contributed by atoms with van der Waals surface area (Å²) in [5.41, 5.74) is 4.18. The summed E-state index contributed by atoms with van der Waals surface area (Å²) in [6.07, 6.45) is 2.41. The van der Waals surface area contributed by atoms with Crippen molar-refractivity contribution in [2.24, 2.45) is 0 Å². The Labute approximate surface area is 112 Å². The predicted octanol–water partition coefficient (Wildman–Crippen LogP) is 3.25. The fourth-order valence-electron chi connectivity index (χ4n) is 2.74. The number of hydrogen-bond acceptors (Lipinski definition) is 3. The number of aromatic nitrogens is 1. The summed E-state index contributed by atoms with van der Waals surface area (Å²) in [7, 11) is 1.99. The average molecular weight is 258 g/mol. The Morgan fingerprint density at radius 3 is 3.06 bits per heavy atom. The minimum absolute atomic E-state index is 0.524. The maximum Gasteiger partial charge on any atom is 0.101 e. The van der Waals surface area contributed by atoms with Gasteiger partial charge in [0, 0.05) is 17.3 Å². The van der Waals surface area contributed by atoms with E-state index in [0.29, 0.717) is 5.92 Å². The number of hydrogen-bond donors (Lipinski definition) is 1. The molecule has 1 unspecified atom stereocenters. The first kappa shape index (κ1) is 11.9. The van der Waals surface area contributed by atoms with E-state index in [4.69, 9.17) is 4.98 Å². The fourth-order valence-corrected chi connectivity index (χ4v) is 3.97. The van der Waals surface area contributed by atoms with E-state index in [1.807, 2.05) is 18.4 Å². The molecule has 0 bridgehead atoms. The van der Waals surface area contributed by atoms with Crippen molar-refractivity contribution >= 4 is 11.3 Å². The molecule has 94 valence electrons. The van der Waals surface area contributed by atoms with E-state index in [-0.39, 0.29) is 0 Å². The summed E-state index contributed by atoms with van der Waals surface area (Å²) in [4.78, 5) is 6.16. The zero-order valence-corrected chi connectivity index (χ0v) is 11.7. The van der Waals surface area contributed by atoms with Gasteiger partial charge in [0.05, 0.1) is 5.69 Å². The zero-order valence-electron chi connectivity index (χ0n) is 10.9. The van der Waals surface area contributed by atoms with Crippen LogP contribution in [-0.2, 0) is 13.0 Å². The molecule has 0 saturated carbocycles. The largest absolute Gasteiger partial charge is 0.315 e. The van der Waals surface area contributed by atoms with Gasteiger partial charge in [-0.25, -0.2) is 4.98 Å². The molecule has 2 nitrogen and oxygen atoms in total. The van der Waals surface area contributed by atoms with Crippen LogP contribution in [0.2, 0.25) is 0 Å². The Balaban J connectivity index is 1.95. The molecule has 1 aromatic heterocycles. The summed E-state index contributed by atoms with van der Waals surface area (Å²) >= 11 is 1.87. The zero-order chi connectivity index (χ0) is 12.5. The van der Waals surface area contributed by atoms with Gasteiger partial charge in [0.15, 0.2) is 0 Å². The molecular formula is C15H18N2S. The smallest absolute Gasteiger partial charge is 0.101 e. The highest BCUT2D eigenvalue weighted by Crippen LogP contribution is 2.40. The summed E-state index contributed by atoms with van der Waals surface area (Å²) < 4.78 is 0. The van der Waals surface area contributed by atoms with Crippen LogP contribution < -0.4 is 5.32 Å². The van der Waals surface area contributed by atoms with E-state index in [1.165, 1.54) is 39.5 Å². The number of thiazole rings is 1. The van der Waals surface area contributed by atoms with E-state index in [2.05, 4.69) is 36.5 Å². The molecule has 0 radical (unpaired) electrons. The number of aryl methyl sites for hydroxylation is 2. The first-order valence-corrected chi connectivity index (χ1v) is 7.30. The summed E-state index contributed by atoms with van der Waals surface area (Å²) in [5.74, 6) is 0.524. The summed E-state index contributed by atoms with van der Waals surface area (Å²) in [5, 5.41) is 4.51. The fraction of sp³-hybridized carbons (Fsp3) is 0.400. The van der Waals surface area contributed by atoms with Crippen LogP contribution in [0.5, 0.6) is 0 Å². The third-order valence-electron chi connectivity index (χ3n) is 3.68. The summed E-state index contributed by atoms with van der Waals surface area (Å²) in [6.45, 7) is 3.05. The highest BCUT2D eigenvalue weighted by molar-refractivity contribution is 7.11. The van der Waals surface area contributed by atoms with Crippen molar-refractivity contribution in [2.45, 2.75) is 32.2 Å². The van der Waals surface area contributed by atoms with E-state index >= 15 is 0 Å². The molecule has 0 fully saturated rings. The molecule has 2 aromatic rings. The van der Waals surface area contributed by atoms with Gasteiger partial charge in [0.1, 0.15) is 5.01 Å². The lowest BCUT2D eigenvalue weighted by atomic mass is 10.0. The second-order valence-electron chi connectivity index (χ2n) is 4.88. The minimum Gasteiger partial charge on any atom is -0.315 e. The van der Waals surface area contributed by atoms with Crippen LogP contribution in [0.4, 0.5) is 0 Å². The number of nitrogens with zero attached hydrogens (tertiary/aromatic N) is 1. The molecule has 1 heterocycles. The predicted molar refractivity (Wildman–Crippen MR) is 76.2 cm³/mol. The molecule has 3 rings (SSSR count). The van der Waals surface area contributed by atoms with Crippen molar-refractivity contribution in [3.63, 3.8) is 0 Å². The molecule has 0 amide bonds. The van der Waals surface area contributed by atoms with E-state index < -0.39 is 0 Å². The molecule has 1 aliphatic carbocycles. The third-order valence-corrected chi connectivity index (χ3v) is 4.95. The van der Waals surface area contributed by atoms with Gasteiger partial charge >= 0.3 is 0 Å². The molecule has 3 heteroatoms. The van der Waals surface area contributed by atoms with Crippen molar-refractivity contribution in [3.05, 3.63) is 51.0 Å². The number of fused-ring (bicyclic) bond motifs is 1. The standard InChI is InChI=1S/C15H18N2S/c1-10-14(9-16-2)18-15(17-10)13-8-7-11-5-3-4-6-12(11)13/h3-6,13,16H,7-9H2,1-2H3. The van der Waals surface area contributed by atoms with Crippen LogP contribution in [0.3, 0.4) is 0 Å². The quantitative estimate of drug-likeness (QED) is 0.914. The Bertz CT molecular complexity index is 559. The minimum atomic E-state index is 0.524.